The molecule has 1 aliphatic carbocycles. The van der Waals surface area contributed by atoms with Gasteiger partial charge in [0.2, 0.25) is 0 Å². The van der Waals surface area contributed by atoms with Crippen LogP contribution >= 0.6 is 11.6 Å². The van der Waals surface area contributed by atoms with E-state index in [2.05, 4.69) is 33.0 Å². The normalized spacial score (nSPS) is 27.3. The van der Waals surface area contributed by atoms with E-state index in [4.69, 9.17) is 11.6 Å². The number of benzene rings is 1. The maximum absolute atomic E-state index is 13.1. The summed E-state index contributed by atoms with van der Waals surface area (Å²) in [6.45, 7) is 9.58. The molecule has 0 saturated heterocycles. The topological polar surface area (TPSA) is 12.0 Å². The van der Waals surface area contributed by atoms with Gasteiger partial charge in [-0.3, -0.25) is 0 Å². The van der Waals surface area contributed by atoms with Crippen LogP contribution in [0.25, 0.3) is 0 Å². The number of rotatable bonds is 3. The van der Waals surface area contributed by atoms with Crippen LogP contribution in [0.2, 0.25) is 5.02 Å². The van der Waals surface area contributed by atoms with Crippen LogP contribution in [0.1, 0.15) is 39.7 Å². The van der Waals surface area contributed by atoms with E-state index in [1.54, 1.807) is 0 Å². The molecule has 0 spiro atoms. The number of hydrogen-bond acceptors (Lipinski definition) is 1. The Bertz CT molecular complexity index is 452. The summed E-state index contributed by atoms with van der Waals surface area (Å²) in [7, 11) is 0. The molecule has 0 aliphatic heterocycles. The van der Waals surface area contributed by atoms with Crippen LogP contribution in [0.4, 0.5) is 4.39 Å². The van der Waals surface area contributed by atoms with Crippen molar-refractivity contribution in [1.82, 2.24) is 5.32 Å². The highest BCUT2D eigenvalue weighted by Gasteiger charge is 2.53. The Hall–Kier alpha value is -0.600. The molecule has 1 N–H and O–H groups in total. The molecular weight excluding hydrogens is 249 g/mol. The van der Waals surface area contributed by atoms with Crippen molar-refractivity contribution >= 4 is 11.6 Å². The van der Waals surface area contributed by atoms with E-state index in [1.165, 1.54) is 12.1 Å². The van der Waals surface area contributed by atoms with Crippen molar-refractivity contribution < 1.29 is 4.39 Å². The number of nitrogens with one attached hydrogen (secondary N) is 1. The highest BCUT2D eigenvalue weighted by Crippen LogP contribution is 2.55. The van der Waals surface area contributed by atoms with Gasteiger partial charge in [-0.1, -0.05) is 24.6 Å². The Morgan fingerprint density at radius 3 is 2.50 bits per heavy atom. The fraction of sp³-hybridized carbons (Fsp3) is 0.600. The average molecular weight is 270 g/mol. The van der Waals surface area contributed by atoms with Crippen LogP contribution in [-0.4, -0.2) is 12.1 Å². The molecule has 0 radical (unpaired) electrons. The summed E-state index contributed by atoms with van der Waals surface area (Å²) in [6, 6.07) is 4.76. The Morgan fingerprint density at radius 2 is 2.06 bits per heavy atom. The van der Waals surface area contributed by atoms with Crippen LogP contribution in [0, 0.1) is 11.7 Å². The van der Waals surface area contributed by atoms with Crippen LogP contribution < -0.4 is 5.32 Å². The number of hydrogen-bond donors (Lipinski definition) is 1. The first-order chi connectivity index (χ1) is 8.24. The van der Waals surface area contributed by atoms with Gasteiger partial charge in [0.25, 0.3) is 0 Å². The zero-order chi connectivity index (χ0) is 13.6. The SMILES string of the molecule is CC1CC1(CNC(C)(C)C)c1ccc(F)cc1Cl. The maximum Gasteiger partial charge on any atom is 0.124 e. The molecule has 2 unspecified atom stereocenters. The summed E-state index contributed by atoms with van der Waals surface area (Å²) in [6.07, 6.45) is 1.11. The Balaban J connectivity index is 2.23. The van der Waals surface area contributed by atoms with E-state index in [0.29, 0.717) is 10.9 Å². The Kier molecular flexibility index (Phi) is 3.46. The Labute approximate surface area is 114 Å². The average Bonchev–Trinajstić information content (AvgIpc) is 2.86. The summed E-state index contributed by atoms with van der Waals surface area (Å²) < 4.78 is 13.1. The van der Waals surface area contributed by atoms with Gasteiger partial charge in [-0.05, 0) is 50.8 Å². The van der Waals surface area contributed by atoms with Crippen LogP contribution in [-0.2, 0) is 5.41 Å². The van der Waals surface area contributed by atoms with Crippen LogP contribution in [0.15, 0.2) is 18.2 Å². The second kappa shape index (κ2) is 4.50. The van der Waals surface area contributed by atoms with Gasteiger partial charge < -0.3 is 5.32 Å². The van der Waals surface area contributed by atoms with E-state index < -0.39 is 0 Å². The third-order valence-electron chi connectivity index (χ3n) is 3.86. The standard InChI is InChI=1S/C15H21ClFN/c1-10-8-15(10,9-18-14(2,3)4)12-6-5-11(17)7-13(12)16/h5-7,10,18H,8-9H2,1-4H3. The molecule has 3 heteroatoms. The first kappa shape index (κ1) is 13.8. The van der Waals surface area contributed by atoms with E-state index >= 15 is 0 Å². The van der Waals surface area contributed by atoms with Crippen LogP contribution in [0.5, 0.6) is 0 Å². The molecule has 18 heavy (non-hydrogen) atoms. The van der Waals surface area contributed by atoms with Gasteiger partial charge in [0.1, 0.15) is 5.82 Å². The van der Waals surface area contributed by atoms with Crippen molar-refractivity contribution in [3.8, 4) is 0 Å². The zero-order valence-electron chi connectivity index (χ0n) is 11.5. The lowest BCUT2D eigenvalue weighted by molar-refractivity contribution is 0.391. The van der Waals surface area contributed by atoms with Crippen molar-refractivity contribution in [3.63, 3.8) is 0 Å². The maximum atomic E-state index is 13.1. The van der Waals surface area contributed by atoms with Crippen molar-refractivity contribution in [1.29, 1.82) is 0 Å². The van der Waals surface area contributed by atoms with E-state index in [-0.39, 0.29) is 16.8 Å². The predicted molar refractivity (Wildman–Crippen MR) is 74.6 cm³/mol. The second-order valence-electron chi connectivity index (χ2n) is 6.49. The van der Waals surface area contributed by atoms with Gasteiger partial charge >= 0.3 is 0 Å². The highest BCUT2D eigenvalue weighted by molar-refractivity contribution is 6.31. The smallest absolute Gasteiger partial charge is 0.124 e. The van der Waals surface area contributed by atoms with E-state index in [1.807, 2.05) is 6.07 Å². The third kappa shape index (κ3) is 2.70. The minimum Gasteiger partial charge on any atom is -0.311 e. The molecule has 1 aromatic carbocycles. The first-order valence-electron chi connectivity index (χ1n) is 6.45. The molecule has 1 aromatic rings. The lowest BCUT2D eigenvalue weighted by Gasteiger charge is -2.26. The van der Waals surface area contributed by atoms with Gasteiger partial charge in [-0.15, -0.1) is 0 Å². The number of halogens is 2. The lowest BCUT2D eigenvalue weighted by Crippen LogP contribution is -2.41. The van der Waals surface area contributed by atoms with E-state index in [9.17, 15) is 4.39 Å². The van der Waals surface area contributed by atoms with Gasteiger partial charge in [0, 0.05) is 22.5 Å². The highest BCUT2D eigenvalue weighted by atomic mass is 35.5. The van der Waals surface area contributed by atoms with Gasteiger partial charge in [-0.2, -0.15) is 0 Å². The predicted octanol–water partition coefficient (Wildman–Crippen LogP) is 4.14. The second-order valence-corrected chi connectivity index (χ2v) is 6.90. The molecule has 2 rings (SSSR count). The minimum atomic E-state index is -0.268. The third-order valence-corrected chi connectivity index (χ3v) is 4.17. The van der Waals surface area contributed by atoms with Crippen molar-refractivity contribution in [3.05, 3.63) is 34.6 Å². The zero-order valence-corrected chi connectivity index (χ0v) is 12.2. The quantitative estimate of drug-likeness (QED) is 0.869. The molecule has 0 heterocycles. The van der Waals surface area contributed by atoms with E-state index in [0.717, 1.165) is 18.5 Å². The molecule has 0 aromatic heterocycles. The summed E-state index contributed by atoms with van der Waals surface area (Å²) in [5.74, 6) is 0.325. The van der Waals surface area contributed by atoms with Crippen molar-refractivity contribution in [2.24, 2.45) is 5.92 Å². The monoisotopic (exact) mass is 269 g/mol. The summed E-state index contributed by atoms with van der Waals surface area (Å²) >= 11 is 6.20. The largest absolute Gasteiger partial charge is 0.311 e. The van der Waals surface area contributed by atoms with Crippen molar-refractivity contribution in [2.75, 3.05) is 6.54 Å². The Morgan fingerprint density at radius 1 is 1.44 bits per heavy atom. The molecule has 1 aliphatic rings. The molecule has 2 atom stereocenters. The van der Waals surface area contributed by atoms with Gasteiger partial charge in [0.05, 0.1) is 0 Å². The molecule has 1 nitrogen and oxygen atoms in total. The summed E-state index contributed by atoms with van der Waals surface area (Å²) in [4.78, 5) is 0. The minimum absolute atomic E-state index is 0.0814. The van der Waals surface area contributed by atoms with Crippen molar-refractivity contribution in [2.45, 2.75) is 45.1 Å². The lowest BCUT2D eigenvalue weighted by atomic mass is 9.92. The summed E-state index contributed by atoms with van der Waals surface area (Å²) in [5.41, 5.74) is 1.25. The molecule has 1 fully saturated rings. The fourth-order valence-corrected chi connectivity index (χ4v) is 2.88. The van der Waals surface area contributed by atoms with Gasteiger partial charge in [-0.25, -0.2) is 4.39 Å². The molecule has 100 valence electrons. The van der Waals surface area contributed by atoms with Gasteiger partial charge in [0.15, 0.2) is 0 Å². The molecule has 0 amide bonds. The first-order valence-corrected chi connectivity index (χ1v) is 6.83. The molecule has 1 saturated carbocycles. The molecule has 0 bridgehead atoms. The van der Waals surface area contributed by atoms with Crippen LogP contribution in [0.3, 0.4) is 0 Å². The fourth-order valence-electron chi connectivity index (χ4n) is 2.52. The summed E-state index contributed by atoms with van der Waals surface area (Å²) in [5, 5.41) is 4.09. The molecular formula is C15H21ClFN.